The summed E-state index contributed by atoms with van der Waals surface area (Å²) < 4.78 is 12.8. The second kappa shape index (κ2) is 7.86. The predicted molar refractivity (Wildman–Crippen MR) is 115 cm³/mol. The van der Waals surface area contributed by atoms with Crippen molar-refractivity contribution in [3.63, 3.8) is 0 Å². The monoisotopic (exact) mass is 417 g/mol. The van der Waals surface area contributed by atoms with E-state index < -0.39 is 0 Å². The molecular weight excluding hydrogens is 394 g/mol. The molecule has 4 aromatic rings. The van der Waals surface area contributed by atoms with E-state index in [1.165, 1.54) is 0 Å². The topological polar surface area (TPSA) is 94.5 Å². The van der Waals surface area contributed by atoms with Crippen molar-refractivity contribution in [2.24, 2.45) is 5.92 Å². The van der Waals surface area contributed by atoms with Crippen LogP contribution in [0.25, 0.3) is 16.9 Å². The second-order valence-electron chi connectivity index (χ2n) is 7.81. The molecular formula is C23H23N5O3. The third-order valence-corrected chi connectivity index (χ3v) is 5.49. The molecule has 5 rings (SSSR count). The van der Waals surface area contributed by atoms with E-state index in [4.69, 9.17) is 9.26 Å². The molecule has 1 fully saturated rings. The van der Waals surface area contributed by atoms with E-state index in [1.807, 2.05) is 56.3 Å². The lowest BCUT2D eigenvalue weighted by atomic mass is 10.1. The Morgan fingerprint density at radius 3 is 2.71 bits per heavy atom. The van der Waals surface area contributed by atoms with Gasteiger partial charge in [0.05, 0.1) is 18.0 Å². The number of benzene rings is 1. The quantitative estimate of drug-likeness (QED) is 0.489. The number of ether oxygens (including phenoxy) is 1. The summed E-state index contributed by atoms with van der Waals surface area (Å²) in [5.41, 5.74) is 4.56. The number of fused-ring (bicyclic) bond motifs is 1. The zero-order valence-corrected chi connectivity index (χ0v) is 17.5. The number of rotatable bonds is 7. The van der Waals surface area contributed by atoms with Crippen LogP contribution in [0.2, 0.25) is 0 Å². The van der Waals surface area contributed by atoms with E-state index >= 15 is 0 Å². The molecule has 8 nitrogen and oxygen atoms in total. The number of hydrogen-bond donors (Lipinski definition) is 1. The first-order chi connectivity index (χ1) is 15.1. The van der Waals surface area contributed by atoms with Crippen LogP contribution in [-0.2, 0) is 11.2 Å². The molecule has 1 aliphatic carbocycles. The van der Waals surface area contributed by atoms with E-state index in [2.05, 4.69) is 20.6 Å². The molecule has 3 aromatic heterocycles. The van der Waals surface area contributed by atoms with Gasteiger partial charge in [0.15, 0.2) is 5.65 Å². The maximum Gasteiger partial charge on any atom is 0.249 e. The predicted octanol–water partition coefficient (Wildman–Crippen LogP) is 3.97. The molecule has 1 saturated carbocycles. The van der Waals surface area contributed by atoms with Crippen LogP contribution in [0.5, 0.6) is 5.75 Å². The molecule has 0 atom stereocenters. The standard InChI is InChI=1S/C23H23N5O3/c1-14-19(15(2)31-27-14)12-13-30-18-10-8-16(9-11-18)20-4-3-5-21-24-23(26-28(20)21)25-22(29)17-6-7-17/h3-5,8-11,17H,6-7,12-13H2,1-2H3,(H,25,26,29). The summed E-state index contributed by atoms with van der Waals surface area (Å²) in [6, 6.07) is 13.6. The highest BCUT2D eigenvalue weighted by molar-refractivity contribution is 5.92. The first-order valence-corrected chi connectivity index (χ1v) is 10.4. The van der Waals surface area contributed by atoms with Crippen LogP contribution >= 0.6 is 0 Å². The fourth-order valence-electron chi connectivity index (χ4n) is 3.59. The van der Waals surface area contributed by atoms with E-state index in [0.29, 0.717) is 18.2 Å². The van der Waals surface area contributed by atoms with Crippen molar-refractivity contribution in [3.8, 4) is 17.0 Å². The Kier molecular flexibility index (Phi) is 4.89. The lowest BCUT2D eigenvalue weighted by molar-refractivity contribution is -0.117. The van der Waals surface area contributed by atoms with Crippen molar-refractivity contribution in [1.82, 2.24) is 19.8 Å². The van der Waals surface area contributed by atoms with Crippen molar-refractivity contribution in [1.29, 1.82) is 0 Å². The minimum atomic E-state index is -0.00412. The fourth-order valence-corrected chi connectivity index (χ4v) is 3.59. The van der Waals surface area contributed by atoms with Crippen LogP contribution in [0.3, 0.4) is 0 Å². The molecule has 0 saturated heterocycles. The summed E-state index contributed by atoms with van der Waals surface area (Å²) in [6.07, 6.45) is 2.63. The van der Waals surface area contributed by atoms with Crippen molar-refractivity contribution in [2.75, 3.05) is 11.9 Å². The molecule has 1 aromatic carbocycles. The zero-order chi connectivity index (χ0) is 21.4. The summed E-state index contributed by atoms with van der Waals surface area (Å²) in [5, 5.41) is 11.3. The minimum absolute atomic E-state index is 0.00412. The van der Waals surface area contributed by atoms with Gasteiger partial charge in [-0.3, -0.25) is 10.1 Å². The molecule has 3 heterocycles. The van der Waals surface area contributed by atoms with Gasteiger partial charge in [-0.25, -0.2) is 4.52 Å². The number of nitrogens with zero attached hydrogens (tertiary/aromatic N) is 4. The van der Waals surface area contributed by atoms with Crippen molar-refractivity contribution < 1.29 is 14.1 Å². The average molecular weight is 417 g/mol. The summed E-state index contributed by atoms with van der Waals surface area (Å²) in [7, 11) is 0. The number of carbonyl (C=O) groups excluding carboxylic acids is 1. The maximum atomic E-state index is 12.0. The number of aryl methyl sites for hydroxylation is 2. The van der Waals surface area contributed by atoms with Gasteiger partial charge in [0, 0.05) is 23.5 Å². The van der Waals surface area contributed by atoms with Crippen LogP contribution in [0.1, 0.15) is 29.9 Å². The SMILES string of the molecule is Cc1noc(C)c1CCOc1ccc(-c2cccc3nc(NC(=O)C4CC4)nn23)cc1. The minimum Gasteiger partial charge on any atom is -0.493 e. The van der Waals surface area contributed by atoms with Crippen LogP contribution in [-0.4, -0.2) is 32.3 Å². The molecule has 0 bridgehead atoms. The van der Waals surface area contributed by atoms with Gasteiger partial charge in [-0.15, -0.1) is 5.10 Å². The van der Waals surface area contributed by atoms with Gasteiger partial charge in [-0.2, -0.15) is 4.98 Å². The van der Waals surface area contributed by atoms with Gasteiger partial charge in [-0.1, -0.05) is 11.2 Å². The molecule has 0 spiro atoms. The number of amides is 1. The molecule has 31 heavy (non-hydrogen) atoms. The Morgan fingerprint density at radius 1 is 1.19 bits per heavy atom. The second-order valence-corrected chi connectivity index (χ2v) is 7.81. The van der Waals surface area contributed by atoms with E-state index in [0.717, 1.165) is 53.3 Å². The van der Waals surface area contributed by atoms with Crippen LogP contribution in [0.4, 0.5) is 5.95 Å². The first kappa shape index (κ1) is 19.3. The Morgan fingerprint density at radius 2 is 2.00 bits per heavy atom. The number of pyridine rings is 1. The molecule has 0 unspecified atom stereocenters. The molecule has 1 amide bonds. The third-order valence-electron chi connectivity index (χ3n) is 5.49. The van der Waals surface area contributed by atoms with E-state index in [9.17, 15) is 4.79 Å². The maximum absolute atomic E-state index is 12.0. The molecule has 0 aliphatic heterocycles. The molecule has 8 heteroatoms. The highest BCUT2D eigenvalue weighted by atomic mass is 16.5. The Hall–Kier alpha value is -3.68. The third kappa shape index (κ3) is 4.01. The first-order valence-electron chi connectivity index (χ1n) is 10.4. The normalized spacial score (nSPS) is 13.5. The lowest BCUT2D eigenvalue weighted by Gasteiger charge is -2.08. The Labute approximate surface area is 179 Å². The molecule has 0 radical (unpaired) electrons. The van der Waals surface area contributed by atoms with Gasteiger partial charge in [0.2, 0.25) is 11.9 Å². The van der Waals surface area contributed by atoms with Gasteiger partial charge < -0.3 is 9.26 Å². The van der Waals surface area contributed by atoms with E-state index in [1.54, 1.807) is 4.52 Å². The van der Waals surface area contributed by atoms with Crippen molar-refractivity contribution in [3.05, 3.63) is 59.5 Å². The molecule has 1 aliphatic rings. The number of nitrogens with one attached hydrogen (secondary N) is 1. The summed E-state index contributed by atoms with van der Waals surface area (Å²) in [5.74, 6) is 2.07. The van der Waals surface area contributed by atoms with Crippen molar-refractivity contribution >= 4 is 17.5 Å². The highest BCUT2D eigenvalue weighted by Gasteiger charge is 2.30. The lowest BCUT2D eigenvalue weighted by Crippen LogP contribution is -2.14. The summed E-state index contributed by atoms with van der Waals surface area (Å²) >= 11 is 0. The Bertz CT molecular complexity index is 1220. The average Bonchev–Trinajstić information content (AvgIpc) is 3.48. The van der Waals surface area contributed by atoms with Gasteiger partial charge in [0.25, 0.3) is 0 Å². The summed E-state index contributed by atoms with van der Waals surface area (Å²) in [4.78, 5) is 16.4. The summed E-state index contributed by atoms with van der Waals surface area (Å²) in [6.45, 7) is 4.40. The number of carbonyl (C=O) groups is 1. The highest BCUT2D eigenvalue weighted by Crippen LogP contribution is 2.30. The van der Waals surface area contributed by atoms with Crippen LogP contribution in [0, 0.1) is 19.8 Å². The molecule has 158 valence electrons. The van der Waals surface area contributed by atoms with Gasteiger partial charge in [0.1, 0.15) is 11.5 Å². The zero-order valence-electron chi connectivity index (χ0n) is 17.5. The smallest absolute Gasteiger partial charge is 0.249 e. The molecule has 1 N–H and O–H groups in total. The van der Waals surface area contributed by atoms with Gasteiger partial charge >= 0.3 is 0 Å². The Balaban J connectivity index is 1.29. The largest absolute Gasteiger partial charge is 0.493 e. The van der Waals surface area contributed by atoms with Crippen molar-refractivity contribution in [2.45, 2.75) is 33.1 Å². The number of aromatic nitrogens is 4. The fraction of sp³-hybridized carbons (Fsp3) is 0.304. The van der Waals surface area contributed by atoms with E-state index in [-0.39, 0.29) is 11.8 Å². The number of hydrogen-bond acceptors (Lipinski definition) is 6. The van der Waals surface area contributed by atoms with Gasteiger partial charge in [-0.05, 0) is 63.1 Å². The van der Waals surface area contributed by atoms with Crippen LogP contribution in [0.15, 0.2) is 47.0 Å². The number of anilines is 1. The van der Waals surface area contributed by atoms with Crippen LogP contribution < -0.4 is 10.1 Å².